The molecule has 1 heterocycles. The zero-order chi connectivity index (χ0) is 20.0. The van der Waals surface area contributed by atoms with Gasteiger partial charge in [0.15, 0.2) is 5.70 Å². The number of hydrogen-bond acceptors (Lipinski definition) is 8. The van der Waals surface area contributed by atoms with Crippen LogP contribution in [0.15, 0.2) is 57.0 Å². The van der Waals surface area contributed by atoms with Gasteiger partial charge in [-0.25, -0.2) is 4.98 Å². The molecular weight excluding hydrogens is 388 g/mol. The SMILES string of the molecule is CSc1nc(NC(=O)/C(N=Nc2ccc(Cl)cc2)=C(/C)O)cc(N)c1C#N. The Morgan fingerprint density at radius 3 is 2.63 bits per heavy atom. The maximum absolute atomic E-state index is 12.4. The van der Waals surface area contributed by atoms with Crippen LogP contribution in [-0.4, -0.2) is 22.3 Å². The summed E-state index contributed by atoms with van der Waals surface area (Å²) in [5.74, 6) is -0.922. The third kappa shape index (κ3) is 5.20. The predicted molar refractivity (Wildman–Crippen MR) is 105 cm³/mol. The number of hydrogen-bond donors (Lipinski definition) is 3. The maximum atomic E-state index is 12.4. The largest absolute Gasteiger partial charge is 0.510 e. The second kappa shape index (κ2) is 9.02. The number of nitrogens with two attached hydrogens (primary N) is 1. The first-order chi connectivity index (χ1) is 12.8. The van der Waals surface area contributed by atoms with Crippen LogP contribution in [0.5, 0.6) is 0 Å². The van der Waals surface area contributed by atoms with Crippen LogP contribution < -0.4 is 11.1 Å². The first-order valence-corrected chi connectivity index (χ1v) is 9.09. The highest BCUT2D eigenvalue weighted by atomic mass is 35.5. The van der Waals surface area contributed by atoms with Crippen LogP contribution in [-0.2, 0) is 4.79 Å². The number of amides is 1. The van der Waals surface area contributed by atoms with Crippen LogP contribution in [0.3, 0.4) is 0 Å². The Hall–Kier alpha value is -3.09. The minimum atomic E-state index is -0.726. The third-order valence-electron chi connectivity index (χ3n) is 3.21. The van der Waals surface area contributed by atoms with E-state index in [2.05, 4.69) is 20.5 Å². The smallest absolute Gasteiger partial charge is 0.280 e. The predicted octanol–water partition coefficient (Wildman–Crippen LogP) is 4.42. The van der Waals surface area contributed by atoms with E-state index in [0.29, 0.717) is 15.7 Å². The molecule has 1 aromatic heterocycles. The fourth-order valence-electron chi connectivity index (χ4n) is 1.94. The number of anilines is 2. The molecule has 0 aliphatic heterocycles. The van der Waals surface area contributed by atoms with Crippen molar-refractivity contribution in [3.63, 3.8) is 0 Å². The van der Waals surface area contributed by atoms with Crippen LogP contribution in [0.2, 0.25) is 5.02 Å². The van der Waals surface area contributed by atoms with E-state index in [4.69, 9.17) is 22.6 Å². The van der Waals surface area contributed by atoms with E-state index >= 15 is 0 Å². The number of benzene rings is 1. The van der Waals surface area contributed by atoms with E-state index in [1.165, 1.54) is 24.8 Å². The quantitative estimate of drug-likeness (QED) is 0.293. The summed E-state index contributed by atoms with van der Waals surface area (Å²) in [6.45, 7) is 1.31. The standard InChI is InChI=1S/C17H15ClN6O2S/c1-9(25)15(24-23-11-5-3-10(18)4-6-11)16(26)21-14-7-13(20)12(8-19)17(22-14)27-2/h3-7,25H,1-2H3,(H3,20,21,22,26)/b15-9+,24-23?. The van der Waals surface area contributed by atoms with Crippen LogP contribution in [0, 0.1) is 11.3 Å². The number of nitrogens with one attached hydrogen (secondary N) is 1. The number of nitrogens with zero attached hydrogens (tertiary/aromatic N) is 4. The number of halogens is 1. The van der Waals surface area contributed by atoms with Gasteiger partial charge in [-0.2, -0.15) is 10.4 Å². The minimum Gasteiger partial charge on any atom is -0.510 e. The van der Waals surface area contributed by atoms with Crippen molar-refractivity contribution in [3.05, 3.63) is 52.4 Å². The highest BCUT2D eigenvalue weighted by Gasteiger charge is 2.16. The molecule has 1 aromatic carbocycles. The second-order valence-electron chi connectivity index (χ2n) is 5.16. The third-order valence-corrected chi connectivity index (χ3v) is 4.15. The Bertz CT molecular complexity index is 963. The van der Waals surface area contributed by atoms with Gasteiger partial charge >= 0.3 is 0 Å². The molecule has 0 atom stereocenters. The zero-order valence-corrected chi connectivity index (χ0v) is 16.0. The summed E-state index contributed by atoms with van der Waals surface area (Å²) >= 11 is 7.02. The van der Waals surface area contributed by atoms with Gasteiger partial charge in [0, 0.05) is 11.1 Å². The Morgan fingerprint density at radius 1 is 1.41 bits per heavy atom. The van der Waals surface area contributed by atoms with Crippen molar-refractivity contribution < 1.29 is 9.90 Å². The van der Waals surface area contributed by atoms with E-state index in [-0.39, 0.29) is 28.5 Å². The number of azo groups is 1. The number of pyridine rings is 1. The molecule has 0 unspecified atom stereocenters. The summed E-state index contributed by atoms with van der Waals surface area (Å²) in [7, 11) is 0. The Labute approximate surface area is 164 Å². The number of allylic oxidation sites excluding steroid dienone is 1. The maximum Gasteiger partial charge on any atom is 0.280 e. The topological polar surface area (TPSA) is 137 Å². The number of aromatic nitrogens is 1. The molecule has 2 rings (SSSR count). The van der Waals surface area contributed by atoms with Crippen molar-refractivity contribution in [2.75, 3.05) is 17.3 Å². The molecule has 0 fully saturated rings. The number of aliphatic hydroxyl groups excluding tert-OH is 1. The van der Waals surface area contributed by atoms with Gasteiger partial charge in [-0.3, -0.25) is 4.79 Å². The van der Waals surface area contributed by atoms with E-state index in [1.807, 2.05) is 6.07 Å². The lowest BCUT2D eigenvalue weighted by Crippen LogP contribution is -2.16. The van der Waals surface area contributed by atoms with E-state index < -0.39 is 5.91 Å². The van der Waals surface area contributed by atoms with Crippen molar-refractivity contribution in [2.45, 2.75) is 11.9 Å². The molecule has 1 amide bonds. The zero-order valence-electron chi connectivity index (χ0n) is 14.4. The molecule has 0 aliphatic carbocycles. The molecule has 138 valence electrons. The van der Waals surface area contributed by atoms with E-state index in [9.17, 15) is 9.90 Å². The van der Waals surface area contributed by atoms with Gasteiger partial charge < -0.3 is 16.2 Å². The van der Waals surface area contributed by atoms with Gasteiger partial charge in [-0.1, -0.05) is 11.6 Å². The molecule has 10 heteroatoms. The van der Waals surface area contributed by atoms with Gasteiger partial charge in [0.25, 0.3) is 5.91 Å². The van der Waals surface area contributed by atoms with Crippen LogP contribution in [0.4, 0.5) is 17.2 Å². The summed E-state index contributed by atoms with van der Waals surface area (Å²) in [4.78, 5) is 16.6. The average Bonchev–Trinajstić information content (AvgIpc) is 2.62. The second-order valence-corrected chi connectivity index (χ2v) is 6.39. The van der Waals surface area contributed by atoms with Crippen LogP contribution in [0.25, 0.3) is 0 Å². The number of nitriles is 1. The molecule has 0 bridgehead atoms. The lowest BCUT2D eigenvalue weighted by Gasteiger charge is -2.09. The van der Waals surface area contributed by atoms with E-state index in [1.54, 1.807) is 30.5 Å². The number of nitrogen functional groups attached to an aromatic ring is 1. The van der Waals surface area contributed by atoms with Crippen LogP contribution in [0.1, 0.15) is 12.5 Å². The van der Waals surface area contributed by atoms with Crippen molar-refractivity contribution in [1.29, 1.82) is 5.26 Å². The Balaban J connectivity index is 2.26. The minimum absolute atomic E-state index is 0.126. The fraction of sp³-hybridized carbons (Fsp3) is 0.118. The molecule has 0 aliphatic rings. The van der Waals surface area contributed by atoms with Crippen molar-refractivity contribution in [1.82, 2.24) is 4.98 Å². The van der Waals surface area contributed by atoms with Crippen molar-refractivity contribution >= 4 is 46.5 Å². The van der Waals surface area contributed by atoms with Crippen molar-refractivity contribution in [2.24, 2.45) is 10.2 Å². The molecule has 0 saturated carbocycles. The van der Waals surface area contributed by atoms with Gasteiger partial charge in [0.05, 0.1) is 11.4 Å². The molecule has 4 N–H and O–H groups in total. The fourth-order valence-corrected chi connectivity index (χ4v) is 2.62. The highest BCUT2D eigenvalue weighted by Crippen LogP contribution is 2.26. The summed E-state index contributed by atoms with van der Waals surface area (Å²) in [6, 6.07) is 9.80. The molecule has 8 nitrogen and oxygen atoms in total. The normalized spacial score (nSPS) is 11.8. The number of rotatable bonds is 5. The summed E-state index contributed by atoms with van der Waals surface area (Å²) in [6.07, 6.45) is 1.73. The molecular formula is C17H15ClN6O2S. The van der Waals surface area contributed by atoms with Gasteiger partial charge in [0.2, 0.25) is 0 Å². The number of aliphatic hydroxyl groups is 1. The summed E-state index contributed by atoms with van der Waals surface area (Å²) in [5.41, 5.74) is 6.40. The van der Waals surface area contributed by atoms with Crippen molar-refractivity contribution in [3.8, 4) is 6.07 Å². The first-order valence-electron chi connectivity index (χ1n) is 7.48. The molecule has 2 aromatic rings. The summed E-state index contributed by atoms with van der Waals surface area (Å²) in [5, 5.41) is 30.0. The van der Waals surface area contributed by atoms with Crippen LogP contribution >= 0.6 is 23.4 Å². The Kier molecular flexibility index (Phi) is 6.76. The summed E-state index contributed by atoms with van der Waals surface area (Å²) < 4.78 is 0. The lowest BCUT2D eigenvalue weighted by molar-refractivity contribution is -0.113. The number of carbonyl (C=O) groups excluding carboxylic acids is 1. The van der Waals surface area contributed by atoms with Gasteiger partial charge in [-0.05, 0) is 37.4 Å². The molecule has 0 spiro atoms. The number of thioether (sulfide) groups is 1. The Morgan fingerprint density at radius 2 is 2.07 bits per heavy atom. The van der Waals surface area contributed by atoms with E-state index in [0.717, 1.165) is 0 Å². The first kappa shape index (κ1) is 20.2. The lowest BCUT2D eigenvalue weighted by atomic mass is 10.2. The molecule has 27 heavy (non-hydrogen) atoms. The molecule has 0 saturated heterocycles. The van der Waals surface area contributed by atoms with Gasteiger partial charge in [0.1, 0.15) is 28.2 Å². The average molecular weight is 403 g/mol. The molecule has 0 radical (unpaired) electrons. The highest BCUT2D eigenvalue weighted by molar-refractivity contribution is 7.98. The van der Waals surface area contributed by atoms with Gasteiger partial charge in [-0.15, -0.1) is 16.9 Å². The monoisotopic (exact) mass is 402 g/mol. The number of carbonyl (C=O) groups is 1.